The summed E-state index contributed by atoms with van der Waals surface area (Å²) >= 11 is 0. The molecule has 0 spiro atoms. The molecule has 0 atom stereocenters. The Hall–Kier alpha value is 0.234. The number of nitrogens with two attached hydrogens (primary N) is 2. The molecule has 0 aliphatic rings. The van der Waals surface area contributed by atoms with Gasteiger partial charge in [0.05, 0.1) is 6.61 Å². The third kappa shape index (κ3) is 8.33. The molecule has 0 aromatic rings. The molecule has 0 rings (SSSR count). The van der Waals surface area contributed by atoms with Gasteiger partial charge in [-0.1, -0.05) is 0 Å². The van der Waals surface area contributed by atoms with Gasteiger partial charge in [0, 0.05) is 12.6 Å². The lowest BCUT2D eigenvalue weighted by atomic mass is 10.5. The van der Waals surface area contributed by atoms with Crippen LogP contribution < -0.4 is 11.5 Å². The molecule has 0 bridgehead atoms. The molecule has 0 amide bonds. The van der Waals surface area contributed by atoms with Crippen LogP contribution in [-0.4, -0.2) is 49.1 Å². The average molecular weight is 212 g/mol. The summed E-state index contributed by atoms with van der Waals surface area (Å²) in [5.41, 5.74) is 10.3. The van der Waals surface area contributed by atoms with Crippen molar-refractivity contribution < 1.29 is 14.0 Å². The van der Waals surface area contributed by atoms with Crippen LogP contribution in [0.25, 0.3) is 0 Å². The summed E-state index contributed by atoms with van der Waals surface area (Å²) in [6.45, 7) is 0.949. The number of rotatable bonds is 6. The van der Waals surface area contributed by atoms with Gasteiger partial charge in [-0.05, 0) is 23.9 Å². The lowest BCUT2D eigenvalue weighted by molar-refractivity contribution is 0.151. The third-order valence-electron chi connectivity index (χ3n) is 1.16. The minimum atomic E-state index is -3.41. The highest BCUT2D eigenvalue weighted by Gasteiger charge is 2.30. The fourth-order valence-corrected chi connectivity index (χ4v) is 1.88. The molecular formula is C5H20N2O3Si2. The first kappa shape index (κ1) is 14.7. The molecule has 0 unspecified atom stereocenters. The van der Waals surface area contributed by atoms with E-state index in [1.54, 1.807) is 0 Å². The lowest BCUT2D eigenvalue weighted by Gasteiger charge is -2.16. The normalized spacial score (nSPS) is 11.0. The monoisotopic (exact) mass is 212 g/mol. The van der Waals surface area contributed by atoms with E-state index in [4.69, 9.17) is 25.5 Å². The lowest BCUT2D eigenvalue weighted by Crippen LogP contribution is -2.40. The van der Waals surface area contributed by atoms with Crippen LogP contribution in [0.5, 0.6) is 0 Å². The second-order valence-electron chi connectivity index (χ2n) is 2.27. The molecule has 6 N–H and O–H groups in total. The van der Waals surface area contributed by atoms with Gasteiger partial charge in [-0.2, -0.15) is 0 Å². The predicted octanol–water partition coefficient (Wildman–Crippen LogP) is -3.22. The Kier molecular flexibility index (Phi) is 9.66. The highest BCUT2D eigenvalue weighted by molar-refractivity contribution is 6.57. The molecule has 0 heterocycles. The van der Waals surface area contributed by atoms with Gasteiger partial charge in [-0.3, -0.25) is 0 Å². The van der Waals surface area contributed by atoms with Crippen molar-refractivity contribution in [1.82, 2.24) is 0 Å². The van der Waals surface area contributed by atoms with Crippen molar-refractivity contribution in [3.05, 3.63) is 0 Å². The standard InChI is InChI=1S/C5H16N2O3Si.H4Si/c6-2-1-5-11(8,9)10-4-3-7;/h8-9H,1-7H2;1H4. The van der Waals surface area contributed by atoms with Crippen molar-refractivity contribution in [2.45, 2.75) is 12.5 Å². The zero-order valence-electron chi connectivity index (χ0n) is 6.49. The molecule has 0 saturated heterocycles. The summed E-state index contributed by atoms with van der Waals surface area (Å²) in [5, 5.41) is 0. The zero-order chi connectivity index (χ0) is 8.74. The third-order valence-corrected chi connectivity index (χ3v) is 2.83. The van der Waals surface area contributed by atoms with Crippen LogP contribution in [0.2, 0.25) is 6.04 Å². The van der Waals surface area contributed by atoms with Crippen LogP contribution in [0.3, 0.4) is 0 Å². The molecule has 0 aromatic carbocycles. The maximum Gasteiger partial charge on any atom is 0.495 e. The molecule has 0 fully saturated rings. The zero-order valence-corrected chi connectivity index (χ0v) is 7.49. The predicted molar refractivity (Wildman–Crippen MR) is 55.0 cm³/mol. The van der Waals surface area contributed by atoms with Gasteiger partial charge in [0.2, 0.25) is 0 Å². The van der Waals surface area contributed by atoms with Crippen LogP contribution in [0.15, 0.2) is 0 Å². The molecule has 0 aliphatic heterocycles. The van der Waals surface area contributed by atoms with Gasteiger partial charge in [0.15, 0.2) is 0 Å². The highest BCUT2D eigenvalue weighted by Crippen LogP contribution is 2.05. The molecular weight excluding hydrogens is 192 g/mol. The Bertz CT molecular complexity index is 94.7. The Labute approximate surface area is 78.1 Å². The van der Waals surface area contributed by atoms with E-state index < -0.39 is 8.80 Å². The van der Waals surface area contributed by atoms with E-state index >= 15 is 0 Å². The quantitative estimate of drug-likeness (QED) is 0.347. The Morgan fingerprint density at radius 3 is 2.17 bits per heavy atom. The van der Waals surface area contributed by atoms with Gasteiger partial charge < -0.3 is 25.5 Å². The minimum absolute atomic E-state index is 0. The Morgan fingerprint density at radius 2 is 1.75 bits per heavy atom. The van der Waals surface area contributed by atoms with Crippen molar-refractivity contribution in [2.75, 3.05) is 19.7 Å². The summed E-state index contributed by atoms with van der Waals surface area (Å²) in [6.07, 6.45) is 0.573. The van der Waals surface area contributed by atoms with Gasteiger partial charge in [0.1, 0.15) is 0 Å². The number of hydrogen-bond donors (Lipinski definition) is 4. The first-order valence-electron chi connectivity index (χ1n) is 3.61. The van der Waals surface area contributed by atoms with Crippen molar-refractivity contribution in [1.29, 1.82) is 0 Å². The topological polar surface area (TPSA) is 102 Å². The van der Waals surface area contributed by atoms with E-state index in [1.165, 1.54) is 0 Å². The summed E-state index contributed by atoms with van der Waals surface area (Å²) < 4.78 is 4.75. The molecule has 0 aliphatic carbocycles. The van der Waals surface area contributed by atoms with E-state index in [-0.39, 0.29) is 23.6 Å². The fraction of sp³-hybridized carbons (Fsp3) is 1.00. The molecule has 5 nitrogen and oxygen atoms in total. The summed E-state index contributed by atoms with van der Waals surface area (Å²) in [4.78, 5) is 18.3. The van der Waals surface area contributed by atoms with E-state index in [0.29, 0.717) is 19.5 Å². The smallest absolute Gasteiger partial charge is 0.390 e. The van der Waals surface area contributed by atoms with Crippen molar-refractivity contribution >= 4 is 19.8 Å². The maximum atomic E-state index is 9.14. The Morgan fingerprint density at radius 1 is 1.17 bits per heavy atom. The van der Waals surface area contributed by atoms with Crippen molar-refractivity contribution in [3.63, 3.8) is 0 Å². The van der Waals surface area contributed by atoms with Crippen molar-refractivity contribution in [2.24, 2.45) is 11.5 Å². The van der Waals surface area contributed by atoms with Crippen LogP contribution in [0, 0.1) is 0 Å². The maximum absolute atomic E-state index is 9.14. The van der Waals surface area contributed by atoms with E-state index in [1.807, 2.05) is 0 Å². The second kappa shape index (κ2) is 7.86. The molecule has 76 valence electrons. The van der Waals surface area contributed by atoms with Gasteiger partial charge in [-0.25, -0.2) is 0 Å². The summed E-state index contributed by atoms with van der Waals surface area (Å²) in [5.74, 6) is 0. The molecule has 0 saturated carbocycles. The largest absolute Gasteiger partial charge is 0.495 e. The number of hydrogen-bond acceptors (Lipinski definition) is 5. The van der Waals surface area contributed by atoms with Crippen LogP contribution in [0.1, 0.15) is 6.42 Å². The van der Waals surface area contributed by atoms with E-state index in [0.717, 1.165) is 0 Å². The first-order valence-corrected chi connectivity index (χ1v) is 5.62. The Balaban J connectivity index is 0. The molecule has 12 heavy (non-hydrogen) atoms. The molecule has 0 radical (unpaired) electrons. The average Bonchev–Trinajstić information content (AvgIpc) is 1.97. The molecule has 0 aromatic heterocycles. The van der Waals surface area contributed by atoms with Crippen LogP contribution >= 0.6 is 0 Å². The van der Waals surface area contributed by atoms with E-state index in [9.17, 15) is 0 Å². The second-order valence-corrected chi connectivity index (χ2v) is 4.55. The van der Waals surface area contributed by atoms with E-state index in [2.05, 4.69) is 0 Å². The van der Waals surface area contributed by atoms with Gasteiger partial charge in [-0.15, -0.1) is 0 Å². The molecule has 7 heteroatoms. The SMILES string of the molecule is NCCC[Si](O)(O)OCCN.[SiH4]. The first-order chi connectivity index (χ1) is 5.12. The highest BCUT2D eigenvalue weighted by atomic mass is 28.4. The minimum Gasteiger partial charge on any atom is -0.390 e. The van der Waals surface area contributed by atoms with Crippen LogP contribution in [-0.2, 0) is 4.43 Å². The van der Waals surface area contributed by atoms with Gasteiger partial charge >= 0.3 is 8.80 Å². The fourth-order valence-electron chi connectivity index (χ4n) is 0.627. The van der Waals surface area contributed by atoms with Crippen molar-refractivity contribution in [3.8, 4) is 0 Å². The van der Waals surface area contributed by atoms with Gasteiger partial charge in [0.25, 0.3) is 0 Å². The summed E-state index contributed by atoms with van der Waals surface area (Å²) in [7, 11) is -3.41. The van der Waals surface area contributed by atoms with Crippen LogP contribution in [0.4, 0.5) is 0 Å². The summed E-state index contributed by atoms with van der Waals surface area (Å²) in [6, 6.07) is 0.253.